The molecule has 1 fully saturated rings. The van der Waals surface area contributed by atoms with Crippen molar-refractivity contribution in [1.82, 2.24) is 5.32 Å². The fourth-order valence-corrected chi connectivity index (χ4v) is 1.41. The SMILES string of the molecule is O=C1C(CO)=C(CO)C2NC1OO2. The summed E-state index contributed by atoms with van der Waals surface area (Å²) in [6, 6.07) is 0. The molecule has 2 unspecified atom stereocenters. The predicted octanol–water partition coefficient (Wildman–Crippen LogP) is -1.95. The molecule has 2 aliphatic rings. The van der Waals surface area contributed by atoms with E-state index in [0.29, 0.717) is 5.57 Å². The summed E-state index contributed by atoms with van der Waals surface area (Å²) < 4.78 is 0. The summed E-state index contributed by atoms with van der Waals surface area (Å²) in [5.74, 6) is -0.389. The van der Waals surface area contributed by atoms with E-state index in [4.69, 9.17) is 15.1 Å². The van der Waals surface area contributed by atoms with Crippen LogP contribution in [0.1, 0.15) is 0 Å². The minimum atomic E-state index is -0.845. The van der Waals surface area contributed by atoms with Crippen molar-refractivity contribution in [2.24, 2.45) is 0 Å². The van der Waals surface area contributed by atoms with Gasteiger partial charge in [-0.2, -0.15) is 0 Å². The Kier molecular flexibility index (Phi) is 2.14. The van der Waals surface area contributed by atoms with Gasteiger partial charge in [0.25, 0.3) is 0 Å². The van der Waals surface area contributed by atoms with Crippen LogP contribution in [0.2, 0.25) is 0 Å². The van der Waals surface area contributed by atoms with Gasteiger partial charge in [-0.3, -0.25) is 10.1 Å². The number of Topliss-reactive ketones (excluding diaryl/α,β-unsaturated/α-hetero) is 1. The van der Waals surface area contributed by atoms with Gasteiger partial charge in [-0.25, -0.2) is 9.78 Å². The van der Waals surface area contributed by atoms with E-state index in [1.54, 1.807) is 0 Å². The quantitative estimate of drug-likeness (QED) is 0.436. The van der Waals surface area contributed by atoms with E-state index >= 15 is 0 Å². The molecule has 0 aromatic carbocycles. The Labute approximate surface area is 73.7 Å². The molecule has 0 aromatic heterocycles. The molecule has 2 rings (SSSR count). The zero-order valence-electron chi connectivity index (χ0n) is 6.69. The van der Waals surface area contributed by atoms with E-state index in [9.17, 15) is 4.79 Å². The monoisotopic (exact) mass is 187 g/mol. The Morgan fingerprint density at radius 1 is 1.23 bits per heavy atom. The molecular weight excluding hydrogens is 178 g/mol. The van der Waals surface area contributed by atoms with Crippen molar-refractivity contribution in [2.75, 3.05) is 13.2 Å². The predicted molar refractivity (Wildman–Crippen MR) is 39.1 cm³/mol. The number of rotatable bonds is 2. The van der Waals surface area contributed by atoms with E-state index in [0.717, 1.165) is 0 Å². The summed E-state index contributed by atoms with van der Waals surface area (Å²) in [5, 5.41) is 20.5. The molecule has 0 saturated carbocycles. The van der Waals surface area contributed by atoms with Crippen LogP contribution in [0.15, 0.2) is 11.1 Å². The van der Waals surface area contributed by atoms with Crippen LogP contribution in [-0.4, -0.2) is 41.7 Å². The summed E-state index contributed by atoms with van der Waals surface area (Å²) in [5.41, 5.74) is 0.509. The van der Waals surface area contributed by atoms with Gasteiger partial charge in [0.1, 0.15) is 0 Å². The van der Waals surface area contributed by atoms with Crippen LogP contribution in [0.3, 0.4) is 0 Å². The van der Waals surface area contributed by atoms with Crippen LogP contribution >= 0.6 is 0 Å². The van der Waals surface area contributed by atoms with Gasteiger partial charge in [-0.1, -0.05) is 0 Å². The Morgan fingerprint density at radius 2 is 1.92 bits per heavy atom. The summed E-state index contributed by atoms with van der Waals surface area (Å²) in [6.07, 6.45) is -1.46. The third-order valence-corrected chi connectivity index (χ3v) is 2.12. The lowest BCUT2D eigenvalue weighted by Gasteiger charge is -2.19. The van der Waals surface area contributed by atoms with E-state index in [1.165, 1.54) is 0 Å². The maximum Gasteiger partial charge on any atom is 0.209 e. The first-order valence-electron chi connectivity index (χ1n) is 3.84. The number of hydrogen-bond donors (Lipinski definition) is 3. The maximum atomic E-state index is 11.4. The van der Waals surface area contributed by atoms with Gasteiger partial charge in [0, 0.05) is 11.1 Å². The van der Waals surface area contributed by atoms with Crippen molar-refractivity contribution in [1.29, 1.82) is 0 Å². The maximum absolute atomic E-state index is 11.4. The third-order valence-electron chi connectivity index (χ3n) is 2.12. The molecule has 2 heterocycles. The van der Waals surface area contributed by atoms with Gasteiger partial charge in [0.05, 0.1) is 13.2 Å². The van der Waals surface area contributed by atoms with Crippen LogP contribution in [-0.2, 0) is 14.6 Å². The van der Waals surface area contributed by atoms with Crippen molar-refractivity contribution in [2.45, 2.75) is 12.5 Å². The molecule has 13 heavy (non-hydrogen) atoms. The van der Waals surface area contributed by atoms with Crippen LogP contribution in [0, 0.1) is 0 Å². The van der Waals surface area contributed by atoms with Gasteiger partial charge in [0.15, 0.2) is 6.23 Å². The third kappa shape index (κ3) is 1.19. The summed E-state index contributed by atoms with van der Waals surface area (Å²) in [6.45, 7) is -0.745. The first-order valence-corrected chi connectivity index (χ1v) is 3.84. The summed E-state index contributed by atoms with van der Waals surface area (Å²) in [7, 11) is 0. The first-order chi connectivity index (χ1) is 6.27. The number of fused-ring (bicyclic) bond motifs is 2. The van der Waals surface area contributed by atoms with Crippen LogP contribution in [0.5, 0.6) is 0 Å². The second-order valence-corrected chi connectivity index (χ2v) is 2.80. The smallest absolute Gasteiger partial charge is 0.209 e. The number of aliphatic hydroxyl groups is 2. The molecule has 3 N–H and O–H groups in total. The van der Waals surface area contributed by atoms with Gasteiger partial charge < -0.3 is 10.2 Å². The van der Waals surface area contributed by atoms with E-state index in [2.05, 4.69) is 10.2 Å². The van der Waals surface area contributed by atoms with Crippen molar-refractivity contribution in [3.63, 3.8) is 0 Å². The lowest BCUT2D eigenvalue weighted by Crippen LogP contribution is -2.45. The zero-order chi connectivity index (χ0) is 9.42. The standard InChI is InChI=1S/C7H9NO5/c9-1-3-4(2-10)6-8-7(5(3)11)13-12-6/h6-10H,1-2H2. The van der Waals surface area contributed by atoms with Gasteiger partial charge in [-0.05, 0) is 0 Å². The molecule has 0 amide bonds. The molecule has 0 spiro atoms. The topological polar surface area (TPSA) is 88.0 Å². The minimum Gasteiger partial charge on any atom is -0.392 e. The highest BCUT2D eigenvalue weighted by molar-refractivity contribution is 6.00. The van der Waals surface area contributed by atoms with E-state index in [1.807, 2.05) is 0 Å². The molecule has 0 aromatic rings. The second-order valence-electron chi connectivity index (χ2n) is 2.80. The largest absolute Gasteiger partial charge is 0.392 e. The number of nitrogens with one attached hydrogen (secondary N) is 1. The molecular formula is C7H9NO5. The summed E-state index contributed by atoms with van der Waals surface area (Å²) in [4.78, 5) is 20.7. The average Bonchev–Trinajstić information content (AvgIpc) is 2.57. The number of hydrogen-bond acceptors (Lipinski definition) is 6. The number of carbonyl (C=O) groups excluding carboxylic acids is 1. The second kappa shape index (κ2) is 3.17. The summed E-state index contributed by atoms with van der Waals surface area (Å²) >= 11 is 0. The highest BCUT2D eigenvalue weighted by atomic mass is 17.2. The highest BCUT2D eigenvalue weighted by Crippen LogP contribution is 2.24. The number of ketones is 1. The highest BCUT2D eigenvalue weighted by Gasteiger charge is 2.42. The molecule has 6 heteroatoms. The molecule has 6 nitrogen and oxygen atoms in total. The molecule has 0 radical (unpaired) electrons. The lowest BCUT2D eigenvalue weighted by molar-refractivity contribution is -0.282. The van der Waals surface area contributed by atoms with Gasteiger partial charge in [-0.15, -0.1) is 0 Å². The van der Waals surface area contributed by atoms with Crippen LogP contribution in [0.4, 0.5) is 0 Å². The van der Waals surface area contributed by atoms with E-state index < -0.39 is 19.1 Å². The average molecular weight is 187 g/mol. The molecule has 2 aliphatic heterocycles. The van der Waals surface area contributed by atoms with Crippen LogP contribution < -0.4 is 5.32 Å². The Morgan fingerprint density at radius 3 is 2.54 bits per heavy atom. The van der Waals surface area contributed by atoms with Crippen molar-refractivity contribution in [3.8, 4) is 0 Å². The number of carbonyl (C=O) groups is 1. The van der Waals surface area contributed by atoms with Gasteiger partial charge >= 0.3 is 0 Å². The van der Waals surface area contributed by atoms with Gasteiger partial charge in [0.2, 0.25) is 12.0 Å². The van der Waals surface area contributed by atoms with Crippen molar-refractivity contribution in [3.05, 3.63) is 11.1 Å². The van der Waals surface area contributed by atoms with Crippen molar-refractivity contribution < 1.29 is 24.8 Å². The molecule has 72 valence electrons. The molecule has 2 bridgehead atoms. The molecule has 0 aliphatic carbocycles. The number of aliphatic hydroxyl groups excluding tert-OH is 2. The lowest BCUT2D eigenvalue weighted by atomic mass is 9.99. The van der Waals surface area contributed by atoms with Crippen molar-refractivity contribution >= 4 is 5.78 Å². The fraction of sp³-hybridized carbons (Fsp3) is 0.571. The van der Waals surface area contributed by atoms with Crippen LogP contribution in [0.25, 0.3) is 0 Å². The molecule has 2 atom stereocenters. The Balaban J connectivity index is 2.39. The zero-order valence-corrected chi connectivity index (χ0v) is 6.69. The minimum absolute atomic E-state index is 0.175. The first kappa shape index (κ1) is 8.79. The van der Waals surface area contributed by atoms with E-state index in [-0.39, 0.29) is 18.0 Å². The Hall–Kier alpha value is -0.790. The Bertz CT molecular complexity index is 274. The fourth-order valence-electron chi connectivity index (χ4n) is 1.41. The molecule has 1 saturated heterocycles. The normalized spacial score (nSPS) is 32.9.